The lowest BCUT2D eigenvalue weighted by Crippen LogP contribution is -2.54. The summed E-state index contributed by atoms with van der Waals surface area (Å²) in [6.45, 7) is -0.136. The molecule has 3 atom stereocenters. The number of hydrogen-bond donors (Lipinski definition) is 10. The second-order valence-electron chi connectivity index (χ2n) is 7.41. The van der Waals surface area contributed by atoms with Crippen LogP contribution in [0.1, 0.15) is 32.1 Å². The van der Waals surface area contributed by atoms with Gasteiger partial charge in [-0.3, -0.25) is 29.2 Å². The molecule has 17 nitrogen and oxygen atoms in total. The van der Waals surface area contributed by atoms with Gasteiger partial charge < -0.3 is 55.5 Å². The van der Waals surface area contributed by atoms with E-state index in [0.29, 0.717) is 6.42 Å². The number of hydrogen-bond acceptors (Lipinski definition) is 8. The Morgan fingerprint density at radius 3 is 1.80 bits per heavy atom. The number of nitrogens with two attached hydrogens (primary N) is 6. The average molecular weight is 502 g/mol. The molecule has 0 aromatic carbocycles. The Morgan fingerprint density at radius 1 is 0.771 bits per heavy atom. The summed E-state index contributed by atoms with van der Waals surface area (Å²) >= 11 is 0. The molecule has 0 rings (SSSR count). The number of carboxylic acids is 1. The smallest absolute Gasteiger partial charge is 0.326 e. The molecule has 0 aliphatic rings. The SMILES string of the molecule is NC(=O)CC(NC(=O)CNC(=O)C(N)CCCN=C(N)N)C(=O)NC(CCCN=C(N)N)C(=O)O. The van der Waals surface area contributed by atoms with E-state index in [1.54, 1.807) is 0 Å². The second kappa shape index (κ2) is 16.5. The minimum absolute atomic E-state index is 0.0216. The van der Waals surface area contributed by atoms with Crippen LogP contribution in [0.3, 0.4) is 0 Å². The lowest BCUT2D eigenvalue weighted by molar-refractivity contribution is -0.142. The fraction of sp³-hybridized carbons (Fsp3) is 0.611. The maximum Gasteiger partial charge on any atom is 0.326 e. The van der Waals surface area contributed by atoms with Crippen molar-refractivity contribution in [3.63, 3.8) is 0 Å². The molecule has 0 saturated carbocycles. The van der Waals surface area contributed by atoms with E-state index in [0.717, 1.165) is 0 Å². The van der Waals surface area contributed by atoms with Crippen LogP contribution >= 0.6 is 0 Å². The average Bonchev–Trinajstić information content (AvgIpc) is 2.75. The van der Waals surface area contributed by atoms with Gasteiger partial charge in [0.05, 0.1) is 19.0 Å². The van der Waals surface area contributed by atoms with Crippen LogP contribution in [-0.4, -0.2) is 84.4 Å². The van der Waals surface area contributed by atoms with Gasteiger partial charge in [-0.05, 0) is 25.7 Å². The number of rotatable bonds is 17. The third-order valence-corrected chi connectivity index (χ3v) is 4.34. The van der Waals surface area contributed by atoms with E-state index in [2.05, 4.69) is 25.9 Å². The molecule has 0 bridgehead atoms. The summed E-state index contributed by atoms with van der Waals surface area (Å²) < 4.78 is 0. The highest BCUT2D eigenvalue weighted by atomic mass is 16.4. The molecule has 0 aliphatic carbocycles. The fourth-order valence-corrected chi connectivity index (χ4v) is 2.64. The standard InChI is InChI=1S/C18H35N11O6/c19-9(3-1-5-25-17(21)22)14(32)27-8-13(31)28-11(7-12(20)30)15(33)29-10(16(34)35)4-2-6-26-18(23)24/h9-11H,1-8,19H2,(H2,20,30)(H,27,32)(H,28,31)(H,29,33)(H,34,35)(H4,21,22,25)(H4,23,24,26). The Labute approximate surface area is 201 Å². The summed E-state index contributed by atoms with van der Waals surface area (Å²) in [7, 11) is 0. The quantitative estimate of drug-likeness (QED) is 0.0508. The molecule has 35 heavy (non-hydrogen) atoms. The van der Waals surface area contributed by atoms with Crippen LogP contribution in [0.2, 0.25) is 0 Å². The van der Waals surface area contributed by atoms with Gasteiger partial charge in [0.2, 0.25) is 23.6 Å². The van der Waals surface area contributed by atoms with E-state index in [9.17, 15) is 29.1 Å². The van der Waals surface area contributed by atoms with Gasteiger partial charge in [0.1, 0.15) is 12.1 Å². The Kier molecular flexibility index (Phi) is 14.5. The first kappa shape index (κ1) is 30.8. The first-order chi connectivity index (χ1) is 16.3. The minimum Gasteiger partial charge on any atom is -0.480 e. The van der Waals surface area contributed by atoms with E-state index in [1.807, 2.05) is 0 Å². The fourth-order valence-electron chi connectivity index (χ4n) is 2.64. The molecule has 0 aromatic rings. The van der Waals surface area contributed by atoms with Crippen LogP contribution in [0.4, 0.5) is 0 Å². The second-order valence-corrected chi connectivity index (χ2v) is 7.41. The molecule has 17 heteroatoms. The summed E-state index contributed by atoms with van der Waals surface area (Å²) in [6, 6.07) is -3.73. The van der Waals surface area contributed by atoms with Crippen LogP contribution < -0.4 is 50.4 Å². The monoisotopic (exact) mass is 501 g/mol. The summed E-state index contributed by atoms with van der Waals surface area (Å²) in [5, 5.41) is 16.1. The number of guanidine groups is 2. The van der Waals surface area contributed by atoms with Crippen LogP contribution in [0, 0.1) is 0 Å². The number of carbonyl (C=O) groups is 5. The maximum atomic E-state index is 12.5. The number of amides is 4. The van der Waals surface area contributed by atoms with Crippen molar-refractivity contribution in [2.45, 2.75) is 50.2 Å². The van der Waals surface area contributed by atoms with E-state index in [1.165, 1.54) is 0 Å². The van der Waals surface area contributed by atoms with E-state index >= 15 is 0 Å². The van der Waals surface area contributed by atoms with Crippen molar-refractivity contribution in [2.75, 3.05) is 19.6 Å². The molecule has 0 heterocycles. The van der Waals surface area contributed by atoms with Gasteiger partial charge >= 0.3 is 5.97 Å². The van der Waals surface area contributed by atoms with Gasteiger partial charge in [-0.25, -0.2) is 4.79 Å². The van der Waals surface area contributed by atoms with Crippen molar-refractivity contribution in [1.82, 2.24) is 16.0 Å². The Bertz CT molecular complexity index is 809. The number of aliphatic imine (C=N–C) groups is 2. The number of carbonyl (C=O) groups excluding carboxylic acids is 4. The molecule has 0 aliphatic heterocycles. The van der Waals surface area contributed by atoms with Gasteiger partial charge in [-0.15, -0.1) is 0 Å². The van der Waals surface area contributed by atoms with Crippen molar-refractivity contribution in [2.24, 2.45) is 44.4 Å². The number of primary amides is 1. The third kappa shape index (κ3) is 15.3. The lowest BCUT2D eigenvalue weighted by Gasteiger charge is -2.21. The Morgan fingerprint density at radius 2 is 1.31 bits per heavy atom. The van der Waals surface area contributed by atoms with Crippen molar-refractivity contribution in [1.29, 1.82) is 0 Å². The van der Waals surface area contributed by atoms with E-state index in [-0.39, 0.29) is 44.3 Å². The zero-order chi connectivity index (χ0) is 27.0. The molecular weight excluding hydrogens is 466 g/mol. The first-order valence-corrected chi connectivity index (χ1v) is 10.6. The van der Waals surface area contributed by atoms with E-state index in [4.69, 9.17) is 34.4 Å². The van der Waals surface area contributed by atoms with Gasteiger partial charge in [-0.2, -0.15) is 0 Å². The normalized spacial score (nSPS) is 12.8. The largest absolute Gasteiger partial charge is 0.480 e. The molecule has 3 unspecified atom stereocenters. The number of nitrogens with zero attached hydrogens (tertiary/aromatic N) is 2. The minimum atomic E-state index is -1.47. The highest BCUT2D eigenvalue weighted by Gasteiger charge is 2.28. The van der Waals surface area contributed by atoms with Crippen molar-refractivity contribution in [3.05, 3.63) is 0 Å². The lowest BCUT2D eigenvalue weighted by atomic mass is 10.1. The van der Waals surface area contributed by atoms with E-state index < -0.39 is 60.7 Å². The molecule has 4 amide bonds. The van der Waals surface area contributed by atoms with Gasteiger partial charge in [0, 0.05) is 13.1 Å². The first-order valence-electron chi connectivity index (χ1n) is 10.6. The Balaban J connectivity index is 4.83. The van der Waals surface area contributed by atoms with Crippen LogP contribution in [0.5, 0.6) is 0 Å². The molecule has 198 valence electrons. The van der Waals surface area contributed by atoms with Crippen LogP contribution in [0.15, 0.2) is 9.98 Å². The highest BCUT2D eigenvalue weighted by molar-refractivity contribution is 5.94. The van der Waals surface area contributed by atoms with Crippen molar-refractivity contribution >= 4 is 41.5 Å². The van der Waals surface area contributed by atoms with Crippen LogP contribution in [-0.2, 0) is 24.0 Å². The molecular formula is C18H35N11O6. The molecule has 0 aromatic heterocycles. The van der Waals surface area contributed by atoms with Gasteiger partial charge in [0.25, 0.3) is 0 Å². The molecule has 0 saturated heterocycles. The summed E-state index contributed by atoms with van der Waals surface area (Å²) in [4.78, 5) is 67.0. The molecule has 0 radical (unpaired) electrons. The third-order valence-electron chi connectivity index (χ3n) is 4.34. The zero-order valence-electron chi connectivity index (χ0n) is 19.2. The zero-order valence-corrected chi connectivity index (χ0v) is 19.2. The predicted molar refractivity (Wildman–Crippen MR) is 126 cm³/mol. The Hall–Kier alpha value is -4.15. The van der Waals surface area contributed by atoms with Crippen molar-refractivity contribution in [3.8, 4) is 0 Å². The summed E-state index contributed by atoms with van der Waals surface area (Å²) in [5.74, 6) is -4.92. The summed E-state index contributed by atoms with van der Waals surface area (Å²) in [5.41, 5.74) is 31.6. The number of aliphatic carboxylic acids is 1. The topological polar surface area (TPSA) is 323 Å². The van der Waals surface area contributed by atoms with Gasteiger partial charge in [-0.1, -0.05) is 0 Å². The van der Waals surface area contributed by atoms with Gasteiger partial charge in [0.15, 0.2) is 11.9 Å². The van der Waals surface area contributed by atoms with Crippen molar-refractivity contribution < 1.29 is 29.1 Å². The molecule has 0 spiro atoms. The summed E-state index contributed by atoms with van der Waals surface area (Å²) in [6.07, 6.45) is 0.287. The molecule has 16 N–H and O–H groups in total. The predicted octanol–water partition coefficient (Wildman–Crippen LogP) is -5.53. The maximum absolute atomic E-state index is 12.5. The number of carboxylic acid groups (broad SMARTS) is 1. The number of nitrogens with one attached hydrogen (secondary N) is 3. The van der Waals surface area contributed by atoms with Crippen LogP contribution in [0.25, 0.3) is 0 Å². The molecule has 0 fully saturated rings. The highest BCUT2D eigenvalue weighted by Crippen LogP contribution is 2.01.